The van der Waals surface area contributed by atoms with Crippen LogP contribution >= 0.6 is 0 Å². The first kappa shape index (κ1) is 8.27. The highest BCUT2D eigenvalue weighted by Crippen LogP contribution is 2.41. The van der Waals surface area contributed by atoms with Gasteiger partial charge in [-0.25, -0.2) is 0 Å². The summed E-state index contributed by atoms with van der Waals surface area (Å²) in [5.74, 6) is 1.44. The van der Waals surface area contributed by atoms with Crippen molar-refractivity contribution in [3.8, 4) is 0 Å². The van der Waals surface area contributed by atoms with Crippen LogP contribution in [0, 0.1) is 11.8 Å². The molecule has 0 aromatic rings. The van der Waals surface area contributed by atoms with Crippen LogP contribution in [0.15, 0.2) is 12.2 Å². The summed E-state index contributed by atoms with van der Waals surface area (Å²) in [5.41, 5.74) is 0. The maximum Gasteiger partial charge on any atom is 0.154 e. The Morgan fingerprint density at radius 1 is 1.33 bits per heavy atom. The summed E-state index contributed by atoms with van der Waals surface area (Å²) in [4.78, 5) is 0. The highest BCUT2D eigenvalue weighted by Gasteiger charge is 2.36. The molecule has 0 N–H and O–H groups in total. The van der Waals surface area contributed by atoms with Crippen molar-refractivity contribution in [2.45, 2.75) is 32.2 Å². The topological polar surface area (TPSA) is 18.5 Å². The summed E-state index contributed by atoms with van der Waals surface area (Å²) >= 11 is 0. The van der Waals surface area contributed by atoms with Crippen molar-refractivity contribution in [2.24, 2.45) is 11.8 Å². The maximum absolute atomic E-state index is 5.72. The molecule has 0 aliphatic heterocycles. The number of ether oxygens (including phenoxy) is 2. The molecule has 2 bridgehead atoms. The average molecular weight is 168 g/mol. The van der Waals surface area contributed by atoms with E-state index in [2.05, 4.69) is 12.2 Å². The van der Waals surface area contributed by atoms with Crippen molar-refractivity contribution < 1.29 is 9.47 Å². The molecule has 0 spiro atoms. The normalized spacial score (nSPS) is 40.7. The number of rotatable bonds is 3. The second kappa shape index (κ2) is 3.19. The van der Waals surface area contributed by atoms with Crippen LogP contribution in [0.25, 0.3) is 0 Å². The lowest BCUT2D eigenvalue weighted by Crippen LogP contribution is -2.24. The molecule has 68 valence electrons. The lowest BCUT2D eigenvalue weighted by atomic mass is 10.0. The lowest BCUT2D eigenvalue weighted by Gasteiger charge is -2.22. The summed E-state index contributed by atoms with van der Waals surface area (Å²) in [7, 11) is 1.69. The van der Waals surface area contributed by atoms with Crippen LogP contribution in [-0.4, -0.2) is 19.5 Å². The van der Waals surface area contributed by atoms with Crippen molar-refractivity contribution in [2.75, 3.05) is 7.11 Å². The van der Waals surface area contributed by atoms with Crippen molar-refractivity contribution in [1.82, 2.24) is 0 Å². The summed E-state index contributed by atoms with van der Waals surface area (Å²) in [5, 5.41) is 0. The number of hydrogen-bond acceptors (Lipinski definition) is 2. The Kier molecular flexibility index (Phi) is 2.20. The molecule has 0 amide bonds. The molecule has 1 saturated carbocycles. The minimum atomic E-state index is -0.0530. The Labute approximate surface area is 73.5 Å². The molecule has 0 aromatic carbocycles. The molecule has 0 saturated heterocycles. The number of hydrogen-bond donors (Lipinski definition) is 0. The van der Waals surface area contributed by atoms with E-state index in [1.807, 2.05) is 6.92 Å². The van der Waals surface area contributed by atoms with Gasteiger partial charge in [0.05, 0.1) is 6.10 Å². The SMILES string of the molecule is COC(C)OC1CC2C=CC1C2. The molecular formula is C10H16O2. The van der Waals surface area contributed by atoms with Gasteiger partial charge in [0.25, 0.3) is 0 Å². The molecular weight excluding hydrogens is 152 g/mol. The van der Waals surface area contributed by atoms with E-state index in [1.165, 1.54) is 12.8 Å². The Bertz CT molecular complexity index is 188. The molecule has 2 heteroatoms. The van der Waals surface area contributed by atoms with Crippen LogP contribution in [0.1, 0.15) is 19.8 Å². The van der Waals surface area contributed by atoms with Gasteiger partial charge in [-0.05, 0) is 25.7 Å². The van der Waals surface area contributed by atoms with E-state index >= 15 is 0 Å². The summed E-state index contributed by atoms with van der Waals surface area (Å²) < 4.78 is 10.8. The molecule has 2 rings (SSSR count). The highest BCUT2D eigenvalue weighted by molar-refractivity contribution is 5.10. The number of allylic oxidation sites excluding steroid dienone is 1. The summed E-state index contributed by atoms with van der Waals surface area (Å²) in [6.07, 6.45) is 7.46. The second-order valence-electron chi connectivity index (χ2n) is 3.76. The molecule has 4 unspecified atom stereocenters. The van der Waals surface area contributed by atoms with Gasteiger partial charge in [-0.1, -0.05) is 12.2 Å². The van der Waals surface area contributed by atoms with E-state index in [-0.39, 0.29) is 6.29 Å². The van der Waals surface area contributed by atoms with E-state index in [9.17, 15) is 0 Å². The first-order valence-electron chi connectivity index (χ1n) is 4.66. The van der Waals surface area contributed by atoms with Crippen LogP contribution in [0.3, 0.4) is 0 Å². The largest absolute Gasteiger partial charge is 0.356 e. The highest BCUT2D eigenvalue weighted by atomic mass is 16.7. The zero-order valence-corrected chi connectivity index (χ0v) is 7.69. The van der Waals surface area contributed by atoms with E-state index in [0.29, 0.717) is 12.0 Å². The summed E-state index contributed by atoms with van der Waals surface area (Å²) in [6, 6.07) is 0. The summed E-state index contributed by atoms with van der Waals surface area (Å²) in [6.45, 7) is 1.95. The minimum Gasteiger partial charge on any atom is -0.356 e. The smallest absolute Gasteiger partial charge is 0.154 e. The van der Waals surface area contributed by atoms with Crippen LogP contribution < -0.4 is 0 Å². The Hall–Kier alpha value is -0.340. The third-order valence-corrected chi connectivity index (χ3v) is 2.92. The molecule has 2 nitrogen and oxygen atoms in total. The predicted octanol–water partition coefficient (Wildman–Crippen LogP) is 1.96. The fourth-order valence-electron chi connectivity index (χ4n) is 2.19. The maximum atomic E-state index is 5.72. The van der Waals surface area contributed by atoms with E-state index in [0.717, 1.165) is 5.92 Å². The van der Waals surface area contributed by atoms with Crippen molar-refractivity contribution in [3.05, 3.63) is 12.2 Å². The van der Waals surface area contributed by atoms with Crippen LogP contribution in [0.2, 0.25) is 0 Å². The van der Waals surface area contributed by atoms with Gasteiger partial charge in [-0.3, -0.25) is 0 Å². The zero-order chi connectivity index (χ0) is 8.55. The molecule has 0 heterocycles. The molecule has 4 atom stereocenters. The second-order valence-corrected chi connectivity index (χ2v) is 3.76. The van der Waals surface area contributed by atoms with Gasteiger partial charge in [0.2, 0.25) is 0 Å². The fourth-order valence-corrected chi connectivity index (χ4v) is 2.19. The lowest BCUT2D eigenvalue weighted by molar-refractivity contribution is -0.149. The zero-order valence-electron chi connectivity index (χ0n) is 7.69. The molecule has 12 heavy (non-hydrogen) atoms. The van der Waals surface area contributed by atoms with Crippen LogP contribution in [0.4, 0.5) is 0 Å². The first-order chi connectivity index (χ1) is 5.79. The molecule has 1 fully saturated rings. The van der Waals surface area contributed by atoms with E-state index < -0.39 is 0 Å². The van der Waals surface area contributed by atoms with Gasteiger partial charge in [-0.2, -0.15) is 0 Å². The van der Waals surface area contributed by atoms with E-state index in [4.69, 9.17) is 9.47 Å². The first-order valence-corrected chi connectivity index (χ1v) is 4.66. The quantitative estimate of drug-likeness (QED) is 0.473. The van der Waals surface area contributed by atoms with Gasteiger partial charge >= 0.3 is 0 Å². The van der Waals surface area contributed by atoms with Gasteiger partial charge in [-0.15, -0.1) is 0 Å². The van der Waals surface area contributed by atoms with Crippen LogP contribution in [-0.2, 0) is 9.47 Å². The van der Waals surface area contributed by atoms with Gasteiger partial charge in [0, 0.05) is 13.0 Å². The third-order valence-electron chi connectivity index (χ3n) is 2.92. The standard InChI is InChI=1S/C10H16O2/c1-7(11-2)12-10-6-8-3-4-9(10)5-8/h3-4,7-10H,5-6H2,1-2H3. The van der Waals surface area contributed by atoms with Crippen LogP contribution in [0.5, 0.6) is 0 Å². The number of methoxy groups -OCH3 is 1. The van der Waals surface area contributed by atoms with Gasteiger partial charge in [0.15, 0.2) is 6.29 Å². The van der Waals surface area contributed by atoms with E-state index in [1.54, 1.807) is 7.11 Å². The molecule has 2 aliphatic rings. The van der Waals surface area contributed by atoms with Gasteiger partial charge in [0.1, 0.15) is 0 Å². The van der Waals surface area contributed by atoms with Gasteiger partial charge < -0.3 is 9.47 Å². The Morgan fingerprint density at radius 3 is 2.67 bits per heavy atom. The molecule has 0 radical (unpaired) electrons. The number of fused-ring (bicyclic) bond motifs is 2. The van der Waals surface area contributed by atoms with Crippen molar-refractivity contribution in [1.29, 1.82) is 0 Å². The van der Waals surface area contributed by atoms with Crippen molar-refractivity contribution >= 4 is 0 Å². The monoisotopic (exact) mass is 168 g/mol. The van der Waals surface area contributed by atoms with Crippen molar-refractivity contribution in [3.63, 3.8) is 0 Å². The fraction of sp³-hybridized carbons (Fsp3) is 0.800. The minimum absolute atomic E-state index is 0.0530. The molecule has 2 aliphatic carbocycles. The molecule has 0 aromatic heterocycles. The Morgan fingerprint density at radius 2 is 2.17 bits per heavy atom. The Balaban J connectivity index is 1.87. The average Bonchev–Trinajstić information content (AvgIpc) is 2.64. The predicted molar refractivity (Wildman–Crippen MR) is 46.7 cm³/mol. The third kappa shape index (κ3) is 1.41.